The zero-order valence-corrected chi connectivity index (χ0v) is 24.2. The van der Waals surface area contributed by atoms with Crippen LogP contribution in [0.4, 0.5) is 26.3 Å². The Balaban J connectivity index is 1.20. The van der Waals surface area contributed by atoms with Crippen molar-refractivity contribution in [1.29, 1.82) is 0 Å². The first-order chi connectivity index (χ1) is 20.2. The molecule has 0 spiro atoms. The third-order valence-corrected chi connectivity index (χ3v) is 10.4. The van der Waals surface area contributed by atoms with Gasteiger partial charge in [0.05, 0.1) is 17.0 Å². The number of alkyl halides is 6. The van der Waals surface area contributed by atoms with Gasteiger partial charge in [0.15, 0.2) is 0 Å². The maximum absolute atomic E-state index is 13.9. The lowest BCUT2D eigenvalue weighted by Crippen LogP contribution is -2.48. The van der Waals surface area contributed by atoms with Gasteiger partial charge in [0.25, 0.3) is 0 Å². The second-order valence-corrected chi connectivity index (χ2v) is 13.1. The van der Waals surface area contributed by atoms with Crippen molar-refractivity contribution in [2.45, 2.75) is 108 Å². The highest BCUT2D eigenvalue weighted by atomic mass is 19.4. The van der Waals surface area contributed by atoms with Crippen LogP contribution in [0.5, 0.6) is 5.75 Å². The zero-order chi connectivity index (χ0) is 30.8. The van der Waals surface area contributed by atoms with E-state index in [9.17, 15) is 36.2 Å². The number of carboxylic acids is 1. The number of rotatable bonds is 7. The number of nitrogens with zero attached hydrogens (tertiary/aromatic N) is 1. The van der Waals surface area contributed by atoms with Gasteiger partial charge in [0.1, 0.15) is 11.9 Å². The van der Waals surface area contributed by atoms with E-state index in [0.29, 0.717) is 37.0 Å². The van der Waals surface area contributed by atoms with Crippen molar-refractivity contribution in [3.05, 3.63) is 64.2 Å². The summed E-state index contributed by atoms with van der Waals surface area (Å²) in [6.45, 7) is 3.36. The van der Waals surface area contributed by atoms with Gasteiger partial charge in [-0.25, -0.2) is 0 Å². The second-order valence-electron chi connectivity index (χ2n) is 13.1. The number of piperidine rings is 1. The summed E-state index contributed by atoms with van der Waals surface area (Å²) in [4.78, 5) is 13.8. The Bertz CT molecular complexity index is 1360. The van der Waals surface area contributed by atoms with Crippen LogP contribution in [-0.4, -0.2) is 34.2 Å². The van der Waals surface area contributed by atoms with E-state index in [0.717, 1.165) is 55.4 Å². The van der Waals surface area contributed by atoms with Crippen molar-refractivity contribution in [2.75, 3.05) is 0 Å². The molecule has 3 heterocycles. The molecule has 4 aliphatic rings. The first-order valence-electron chi connectivity index (χ1n) is 15.3. The molecule has 3 fully saturated rings. The number of hydrogen-bond acceptors (Lipinski definition) is 3. The molecule has 2 bridgehead atoms. The van der Waals surface area contributed by atoms with Crippen LogP contribution in [-0.2, 0) is 23.6 Å². The van der Waals surface area contributed by atoms with Crippen LogP contribution < -0.4 is 4.74 Å². The predicted molar refractivity (Wildman–Crippen MR) is 148 cm³/mol. The van der Waals surface area contributed by atoms with Gasteiger partial charge in [-0.1, -0.05) is 19.1 Å². The minimum absolute atomic E-state index is 0.0404. The third-order valence-electron chi connectivity index (χ3n) is 10.4. The summed E-state index contributed by atoms with van der Waals surface area (Å²) in [5.74, 6) is -0.0404. The lowest BCUT2D eigenvalue weighted by atomic mass is 9.80. The number of hydrogen-bond donors (Lipinski definition) is 1. The largest absolute Gasteiger partial charge is 0.490 e. The summed E-state index contributed by atoms with van der Waals surface area (Å²) in [6, 6.07) is 6.96. The Hall–Kier alpha value is -2.75. The average Bonchev–Trinajstić information content (AvgIpc) is 3.74. The van der Waals surface area contributed by atoms with Crippen LogP contribution in [0.2, 0.25) is 0 Å². The smallest absolute Gasteiger partial charge is 0.416 e. The molecule has 2 aromatic carbocycles. The van der Waals surface area contributed by atoms with E-state index in [-0.39, 0.29) is 35.6 Å². The maximum Gasteiger partial charge on any atom is 0.416 e. The monoisotopic (exact) mass is 609 g/mol. The number of fused-ring (bicyclic) bond motifs is 3. The fraction of sp³-hybridized carbons (Fsp3) is 0.606. The van der Waals surface area contributed by atoms with E-state index < -0.39 is 41.4 Å². The van der Waals surface area contributed by atoms with Crippen LogP contribution in [0.3, 0.4) is 0 Å². The van der Waals surface area contributed by atoms with E-state index in [1.165, 1.54) is 0 Å². The van der Waals surface area contributed by atoms with Crippen LogP contribution in [0, 0.1) is 17.8 Å². The lowest BCUT2D eigenvalue weighted by Gasteiger charge is -2.45. The molecule has 2 aromatic rings. The Morgan fingerprint density at radius 1 is 0.907 bits per heavy atom. The molecular weight excluding hydrogens is 572 g/mol. The Labute approximate surface area is 247 Å². The van der Waals surface area contributed by atoms with Crippen LogP contribution >= 0.6 is 0 Å². The second kappa shape index (κ2) is 11.0. The van der Waals surface area contributed by atoms with Crippen LogP contribution in [0.25, 0.3) is 0 Å². The zero-order valence-electron chi connectivity index (χ0n) is 24.2. The topological polar surface area (TPSA) is 49.8 Å². The molecule has 1 aliphatic carbocycles. The van der Waals surface area contributed by atoms with Crippen molar-refractivity contribution in [3.63, 3.8) is 0 Å². The molecular formula is C33H37F6NO3. The van der Waals surface area contributed by atoms with Gasteiger partial charge in [-0.2, -0.15) is 26.3 Å². The van der Waals surface area contributed by atoms with Crippen molar-refractivity contribution in [1.82, 2.24) is 4.90 Å². The predicted octanol–water partition coefficient (Wildman–Crippen LogP) is 8.64. The molecule has 3 aliphatic heterocycles. The number of ether oxygens (including phenoxy) is 1. The quantitative estimate of drug-likeness (QED) is 0.320. The molecule has 4 nitrogen and oxygen atoms in total. The molecule has 10 heteroatoms. The van der Waals surface area contributed by atoms with Gasteiger partial charge >= 0.3 is 18.3 Å². The van der Waals surface area contributed by atoms with E-state index >= 15 is 0 Å². The normalized spacial score (nSPS) is 28.1. The first-order valence-corrected chi connectivity index (χ1v) is 15.3. The standard InChI is InChI=1S/C33H37F6NO3/c1-17(31(41)42)30(20-4-5-20)21-6-3-19-7-12-28(43-29(19)15-21)22-13-24-9-10-25(14-22)40(24)18(2)26-16-23(32(34,35)36)8-11-27(26)33(37,38)39/h3,6,8,11,15-18,20,22,24-25,28,30H,4-5,7,9-10,12-14H2,1-2H3,(H,41,42)/t17-,18-,22?,24?,25?,28?,30?/m0/s1. The van der Waals surface area contributed by atoms with Gasteiger partial charge in [-0.3, -0.25) is 9.69 Å². The summed E-state index contributed by atoms with van der Waals surface area (Å²) >= 11 is 0. The van der Waals surface area contributed by atoms with Crippen LogP contribution in [0.1, 0.15) is 98.6 Å². The van der Waals surface area contributed by atoms with Gasteiger partial charge in [0.2, 0.25) is 0 Å². The summed E-state index contributed by atoms with van der Waals surface area (Å²) in [5.41, 5.74) is -0.328. The summed E-state index contributed by atoms with van der Waals surface area (Å²) < 4.78 is 88.7. The fourth-order valence-electron chi connectivity index (χ4n) is 8.22. The molecule has 43 heavy (non-hydrogen) atoms. The van der Waals surface area contributed by atoms with E-state index in [1.54, 1.807) is 13.8 Å². The summed E-state index contributed by atoms with van der Waals surface area (Å²) in [6.07, 6.45) is -2.88. The molecule has 0 amide bonds. The minimum atomic E-state index is -4.76. The number of aryl methyl sites for hydroxylation is 1. The molecule has 2 saturated heterocycles. The maximum atomic E-state index is 13.9. The molecule has 0 aromatic heterocycles. The van der Waals surface area contributed by atoms with Gasteiger partial charge in [0, 0.05) is 18.1 Å². The molecule has 1 N–H and O–H groups in total. The highest BCUT2D eigenvalue weighted by Gasteiger charge is 2.48. The van der Waals surface area contributed by atoms with Crippen molar-refractivity contribution in [2.24, 2.45) is 17.8 Å². The van der Waals surface area contributed by atoms with Gasteiger partial charge in [-0.15, -0.1) is 0 Å². The molecule has 4 unspecified atom stereocenters. The summed E-state index contributed by atoms with van der Waals surface area (Å²) in [5, 5.41) is 9.69. The molecule has 234 valence electrons. The molecule has 6 rings (SSSR count). The van der Waals surface area contributed by atoms with Crippen molar-refractivity contribution < 1.29 is 41.0 Å². The number of aliphatic carboxylic acids is 1. The van der Waals surface area contributed by atoms with Crippen LogP contribution in [0.15, 0.2) is 36.4 Å². The number of carboxylic acid groups (broad SMARTS) is 1. The van der Waals surface area contributed by atoms with E-state index in [1.807, 2.05) is 23.1 Å². The SMILES string of the molecule is C[C@H](C(=O)O)C(c1ccc2c(c1)OC(C1CC3CCC(C1)N3[C@@H](C)c1cc(C(F)(F)F)ccc1C(F)(F)F)CC2)C1CC1. The lowest BCUT2D eigenvalue weighted by molar-refractivity contribution is -0.142. The number of carbonyl (C=O) groups is 1. The Morgan fingerprint density at radius 2 is 1.58 bits per heavy atom. The first kappa shape index (κ1) is 30.3. The number of halogens is 6. The van der Waals surface area contributed by atoms with Crippen molar-refractivity contribution in [3.8, 4) is 5.75 Å². The summed E-state index contributed by atoms with van der Waals surface area (Å²) in [7, 11) is 0. The van der Waals surface area contributed by atoms with Gasteiger partial charge in [-0.05, 0) is 117 Å². The van der Waals surface area contributed by atoms with Gasteiger partial charge < -0.3 is 9.84 Å². The van der Waals surface area contributed by atoms with E-state index in [2.05, 4.69) is 0 Å². The molecule has 0 radical (unpaired) electrons. The molecule has 1 saturated carbocycles. The molecule has 6 atom stereocenters. The number of benzene rings is 2. The highest BCUT2D eigenvalue weighted by Crippen LogP contribution is 2.50. The average molecular weight is 610 g/mol. The Kier molecular flexibility index (Phi) is 7.75. The highest BCUT2D eigenvalue weighted by molar-refractivity contribution is 5.71. The fourth-order valence-corrected chi connectivity index (χ4v) is 8.22. The minimum Gasteiger partial charge on any atom is -0.490 e. The van der Waals surface area contributed by atoms with Crippen molar-refractivity contribution >= 4 is 5.97 Å². The van der Waals surface area contributed by atoms with E-state index in [4.69, 9.17) is 4.74 Å². The third kappa shape index (κ3) is 5.88. The Morgan fingerprint density at radius 3 is 2.16 bits per heavy atom.